The molecule has 0 spiro atoms. The fraction of sp³-hybridized carbons (Fsp3) is 0.500. The number of hydrogen-bond acceptors (Lipinski definition) is 12. The Hall–Kier alpha value is -2.78. The van der Waals surface area contributed by atoms with Crippen molar-refractivity contribution in [2.75, 3.05) is 39.6 Å². The molecule has 0 saturated heterocycles. The molecule has 0 aromatic heterocycles. The van der Waals surface area contributed by atoms with E-state index in [0.717, 1.165) is 0 Å². The molecule has 0 aromatic carbocycles. The van der Waals surface area contributed by atoms with Crippen LogP contribution in [0.2, 0.25) is 0 Å². The molecule has 0 aliphatic carbocycles. The summed E-state index contributed by atoms with van der Waals surface area (Å²) < 4.78 is 0. The Labute approximate surface area is 185 Å². The van der Waals surface area contributed by atoms with Gasteiger partial charge in [0, 0.05) is 19.8 Å². The topological polar surface area (TPSA) is 345 Å². The van der Waals surface area contributed by atoms with Gasteiger partial charge in [-0.2, -0.15) is 0 Å². The Morgan fingerprint density at radius 3 is 0.355 bits per heavy atom. The Balaban J connectivity index is -0.0000000443. The van der Waals surface area contributed by atoms with Crippen molar-refractivity contribution in [3.63, 3.8) is 0 Å². The molecule has 0 aliphatic heterocycles. The van der Waals surface area contributed by atoms with Gasteiger partial charge in [0.2, 0.25) is 0 Å². The van der Waals surface area contributed by atoms with Gasteiger partial charge < -0.3 is 61.3 Å². The van der Waals surface area contributed by atoms with Crippen LogP contribution in [0.3, 0.4) is 0 Å². The minimum absolute atomic E-state index is 0. The van der Waals surface area contributed by atoms with Gasteiger partial charge >= 0.3 is 35.8 Å². The van der Waals surface area contributed by atoms with Crippen LogP contribution < -0.4 is 0 Å². The predicted molar refractivity (Wildman–Crippen MR) is 88.3 cm³/mol. The molecule has 0 saturated carbocycles. The number of aliphatic carboxylic acids is 6. The summed E-state index contributed by atoms with van der Waals surface area (Å²) >= 11 is 0. The number of aliphatic hydroxyl groups excluding tert-OH is 6. The van der Waals surface area contributed by atoms with E-state index in [0.29, 0.717) is 0 Å². The van der Waals surface area contributed by atoms with Gasteiger partial charge in [-0.3, -0.25) is 0 Å². The molecule has 0 rings (SSSR count). The third-order valence-electron chi connectivity index (χ3n) is 0.812. The van der Waals surface area contributed by atoms with E-state index in [1.807, 2.05) is 0 Å². The third kappa shape index (κ3) is 204. The van der Waals surface area contributed by atoms with Crippen LogP contribution in [0.25, 0.3) is 0 Å². The van der Waals surface area contributed by atoms with Gasteiger partial charge in [0.15, 0.2) is 0 Å². The zero-order chi connectivity index (χ0) is 25.7. The maximum Gasteiger partial charge on any atom is 0.329 e. The molecule has 0 aliphatic rings. The van der Waals surface area contributed by atoms with Crippen molar-refractivity contribution in [1.29, 1.82) is 0 Å². The second kappa shape index (κ2) is 41.6. The summed E-state index contributed by atoms with van der Waals surface area (Å²) in [5.41, 5.74) is 0. The predicted octanol–water partition coefficient (Wildman–Crippen LogP) is -5.62. The Kier molecular flexibility index (Phi) is 62.2. The van der Waals surface area contributed by atoms with Crippen LogP contribution in [0.5, 0.6) is 0 Å². The van der Waals surface area contributed by atoms with Gasteiger partial charge in [0.25, 0.3) is 0 Å². The summed E-state index contributed by atoms with van der Waals surface area (Å²) in [6.45, 7) is -4.67. The van der Waals surface area contributed by atoms with Gasteiger partial charge in [-0.25, -0.2) is 28.8 Å². The quantitative estimate of drug-likeness (QED) is 0.128. The maximum atomic E-state index is 9.12. The molecule has 0 unspecified atom stereocenters. The van der Waals surface area contributed by atoms with Gasteiger partial charge in [-0.05, 0) is 0 Å². The molecule has 0 atom stereocenters. The molecule has 12 N–H and O–H groups in total. The van der Waals surface area contributed by atoms with Gasteiger partial charge in [0.05, 0.1) is 0 Å². The van der Waals surface area contributed by atoms with Gasteiger partial charge in [-0.15, -0.1) is 0 Å². The first-order chi connectivity index (χ1) is 13.6. The van der Waals surface area contributed by atoms with Crippen LogP contribution in [0.4, 0.5) is 0 Å². The summed E-state index contributed by atoms with van der Waals surface area (Å²) in [6.07, 6.45) is 0. The first-order valence-electron chi connectivity index (χ1n) is 6.59. The summed E-state index contributed by atoms with van der Waals surface area (Å²) in [4.78, 5) is 54.7. The van der Waals surface area contributed by atoms with Crippen LogP contribution in [0, 0.1) is 0 Å². The van der Waals surface area contributed by atoms with Crippen LogP contribution in [-0.2, 0) is 48.6 Å². The third-order valence-corrected chi connectivity index (χ3v) is 0.812. The van der Waals surface area contributed by atoms with Gasteiger partial charge in [-0.1, -0.05) is 0 Å². The van der Waals surface area contributed by atoms with E-state index in [4.69, 9.17) is 90.0 Å². The molecule has 0 amide bonds. The van der Waals surface area contributed by atoms with Crippen LogP contribution in [0.15, 0.2) is 0 Å². The molecule has 0 heterocycles. The summed E-state index contributed by atoms with van der Waals surface area (Å²) in [6, 6.07) is 0. The molecule has 0 fully saturated rings. The number of rotatable bonds is 6. The Morgan fingerprint density at radius 1 is 0.323 bits per heavy atom. The summed E-state index contributed by atoms with van der Waals surface area (Å²) in [7, 11) is 0. The first-order valence-corrected chi connectivity index (χ1v) is 6.59. The largest absolute Gasteiger partial charge is 0.480 e. The molecule has 19 heteroatoms. The molecule has 188 valence electrons. The molecule has 31 heavy (non-hydrogen) atoms. The van der Waals surface area contributed by atoms with E-state index in [1.165, 1.54) is 0 Å². The van der Waals surface area contributed by atoms with E-state index >= 15 is 0 Å². The van der Waals surface area contributed by atoms with E-state index < -0.39 is 75.5 Å². The maximum absolute atomic E-state index is 9.12. The summed E-state index contributed by atoms with van der Waals surface area (Å²) in [5.74, 6) is -7.14. The molecule has 0 aromatic rings. The average Bonchev–Trinajstić information content (AvgIpc) is 2.69. The molecule has 0 radical (unpaired) electrons. The fourth-order valence-corrected chi connectivity index (χ4v) is 0. The number of aliphatic hydroxyl groups is 6. The number of carboxylic acid groups (broad SMARTS) is 6. The number of hydrogen-bond donors (Lipinski definition) is 12. The van der Waals surface area contributed by atoms with E-state index in [9.17, 15) is 0 Å². The molecule has 18 nitrogen and oxygen atoms in total. The summed E-state index contributed by atoms with van der Waals surface area (Å²) in [5, 5.41) is 90.1. The monoisotopic (exact) mass is 648 g/mol. The zero-order valence-electron chi connectivity index (χ0n) is 15.4. The van der Waals surface area contributed by atoms with Crippen molar-refractivity contribution in [2.24, 2.45) is 0 Å². The fourth-order valence-electron chi connectivity index (χ4n) is 0. The number of carboxylic acids is 6. The van der Waals surface area contributed by atoms with Crippen molar-refractivity contribution in [1.82, 2.24) is 0 Å². The minimum Gasteiger partial charge on any atom is -0.480 e. The van der Waals surface area contributed by atoms with Crippen molar-refractivity contribution < 1.29 is 110 Å². The molecular weight excluding hydrogens is 622 g/mol. The van der Waals surface area contributed by atoms with Crippen molar-refractivity contribution in [2.45, 2.75) is 0 Å². The second-order valence-electron chi connectivity index (χ2n) is 3.31. The zero-order valence-corrected chi connectivity index (χ0v) is 18.0. The van der Waals surface area contributed by atoms with Crippen molar-refractivity contribution >= 4 is 35.8 Å². The normalized spacial score (nSPS) is 7.16. The standard InChI is InChI=1S/6C2H4O3.Os/c6*3-1-2(4)5;/h6*3H,1H2,(H,4,5);. The van der Waals surface area contributed by atoms with Gasteiger partial charge in [0.1, 0.15) is 39.6 Å². The Bertz CT molecular complexity index is 356. The second-order valence-corrected chi connectivity index (χ2v) is 3.31. The van der Waals surface area contributed by atoms with Crippen LogP contribution >= 0.6 is 0 Å². The Morgan fingerprint density at radius 2 is 0.355 bits per heavy atom. The molecular formula is C12H24O18Os. The number of carbonyl (C=O) groups is 6. The van der Waals surface area contributed by atoms with Crippen molar-refractivity contribution in [3.05, 3.63) is 0 Å². The van der Waals surface area contributed by atoms with E-state index in [-0.39, 0.29) is 19.8 Å². The molecule has 0 bridgehead atoms. The van der Waals surface area contributed by atoms with Crippen LogP contribution in [-0.4, -0.2) is 137 Å². The smallest absolute Gasteiger partial charge is 0.329 e. The van der Waals surface area contributed by atoms with E-state index in [1.54, 1.807) is 0 Å². The minimum atomic E-state index is -1.19. The SMILES string of the molecule is O=C(O)CO.O=C(O)CO.O=C(O)CO.O=C(O)CO.O=C(O)CO.O=C(O)CO.[Os]. The average molecular weight is 647 g/mol. The van der Waals surface area contributed by atoms with Crippen LogP contribution in [0.1, 0.15) is 0 Å². The van der Waals surface area contributed by atoms with Crippen molar-refractivity contribution in [3.8, 4) is 0 Å². The van der Waals surface area contributed by atoms with E-state index in [2.05, 4.69) is 0 Å². The first kappa shape index (κ1) is 46.4.